The van der Waals surface area contributed by atoms with Gasteiger partial charge in [-0.2, -0.15) is 0 Å². The molecule has 0 fully saturated rings. The molecule has 0 N–H and O–H groups in total. The van der Waals surface area contributed by atoms with Crippen molar-refractivity contribution in [3.05, 3.63) is 54.1 Å². The van der Waals surface area contributed by atoms with E-state index in [4.69, 9.17) is 0 Å². The van der Waals surface area contributed by atoms with Gasteiger partial charge in [0, 0.05) is 10.9 Å². The number of aryl methyl sites for hydroxylation is 3. The number of nitrogens with zero attached hydrogens (tertiary/aromatic N) is 2. The van der Waals surface area contributed by atoms with Crippen LogP contribution in [0.1, 0.15) is 5.56 Å². The first-order valence-corrected chi connectivity index (χ1v) is 7.92. The average molecular weight is 293 g/mol. The van der Waals surface area contributed by atoms with Crippen molar-refractivity contribution >= 4 is 32.6 Å². The molecule has 2 aromatic heterocycles. The summed E-state index contributed by atoms with van der Waals surface area (Å²) in [5, 5.41) is 2.66. The Hall–Kier alpha value is -2.13. The summed E-state index contributed by atoms with van der Waals surface area (Å²) in [5.41, 5.74) is 5.24. The Morgan fingerprint density at radius 2 is 1.71 bits per heavy atom. The van der Waals surface area contributed by atoms with E-state index < -0.39 is 0 Å². The average Bonchev–Trinajstić information content (AvgIpc) is 2.97. The molecular weight excluding hydrogens is 276 g/mol. The summed E-state index contributed by atoms with van der Waals surface area (Å²) in [6.45, 7) is 2.18. The van der Waals surface area contributed by atoms with Gasteiger partial charge in [-0.05, 0) is 30.7 Å². The molecule has 0 aliphatic heterocycles. The Kier molecular flexibility index (Phi) is 2.66. The predicted molar refractivity (Wildman–Crippen MR) is 89.7 cm³/mol. The highest BCUT2D eigenvalue weighted by molar-refractivity contribution is 7.22. The quantitative estimate of drug-likeness (QED) is 0.465. The van der Waals surface area contributed by atoms with Crippen molar-refractivity contribution in [2.75, 3.05) is 0 Å². The monoisotopic (exact) mass is 293 g/mol. The van der Waals surface area contributed by atoms with Gasteiger partial charge in [0.2, 0.25) is 0 Å². The van der Waals surface area contributed by atoms with Crippen LogP contribution in [0.15, 0.2) is 48.5 Å². The van der Waals surface area contributed by atoms with E-state index in [-0.39, 0.29) is 0 Å². The van der Waals surface area contributed by atoms with Crippen LogP contribution in [-0.2, 0) is 14.1 Å². The summed E-state index contributed by atoms with van der Waals surface area (Å²) in [5.74, 6) is 0. The number of hydrogen-bond donors (Lipinski definition) is 0. The third kappa shape index (κ3) is 1.67. The first-order chi connectivity index (χ1) is 10.2. The second kappa shape index (κ2) is 4.43. The third-order valence-corrected chi connectivity index (χ3v) is 5.52. The van der Waals surface area contributed by atoms with Crippen molar-refractivity contribution in [1.29, 1.82) is 0 Å². The minimum atomic E-state index is 1.29. The van der Waals surface area contributed by atoms with E-state index in [1.54, 1.807) is 0 Å². The second-order valence-electron chi connectivity index (χ2n) is 5.51. The van der Waals surface area contributed by atoms with Gasteiger partial charge in [0.25, 0.3) is 0 Å². The SMILES string of the molecule is Cc1ccccc1-c1sc2c3ccccc3n(C)c2[n+]1C. The van der Waals surface area contributed by atoms with Crippen molar-refractivity contribution in [3.8, 4) is 10.6 Å². The fourth-order valence-corrected chi connectivity index (χ4v) is 4.54. The molecule has 2 heterocycles. The summed E-state index contributed by atoms with van der Waals surface area (Å²) in [4.78, 5) is 0. The van der Waals surface area contributed by atoms with Gasteiger partial charge in [0.1, 0.15) is 10.2 Å². The number of benzene rings is 2. The predicted octanol–water partition coefficient (Wildman–Crippen LogP) is 4.19. The Labute approximate surface area is 127 Å². The molecule has 0 amide bonds. The Balaban J connectivity index is 2.12. The minimum Gasteiger partial charge on any atom is -0.228 e. The van der Waals surface area contributed by atoms with E-state index >= 15 is 0 Å². The van der Waals surface area contributed by atoms with Crippen LogP contribution < -0.4 is 4.57 Å². The van der Waals surface area contributed by atoms with Crippen LogP contribution in [0.25, 0.3) is 31.8 Å². The van der Waals surface area contributed by atoms with Crippen LogP contribution in [0.2, 0.25) is 0 Å². The van der Waals surface area contributed by atoms with Crippen molar-refractivity contribution in [1.82, 2.24) is 4.57 Å². The molecule has 0 radical (unpaired) electrons. The fraction of sp³-hybridized carbons (Fsp3) is 0.167. The Morgan fingerprint density at radius 1 is 1.00 bits per heavy atom. The minimum absolute atomic E-state index is 1.29. The van der Waals surface area contributed by atoms with E-state index in [0.29, 0.717) is 0 Å². The number of thiazole rings is 1. The van der Waals surface area contributed by atoms with Gasteiger partial charge < -0.3 is 0 Å². The van der Waals surface area contributed by atoms with Gasteiger partial charge in [0.15, 0.2) is 5.01 Å². The standard InChI is InChI=1S/C18H17N2S/c1-12-8-4-5-9-13(12)18-20(3)17-16(21-18)14-10-6-7-11-15(14)19(17)2/h4-11H,1-3H3/q+1. The zero-order chi connectivity index (χ0) is 14.6. The van der Waals surface area contributed by atoms with E-state index in [1.165, 1.54) is 37.4 Å². The van der Waals surface area contributed by atoms with Crippen molar-refractivity contribution in [2.45, 2.75) is 6.92 Å². The molecule has 0 aliphatic rings. The van der Waals surface area contributed by atoms with Crippen LogP contribution >= 0.6 is 11.3 Å². The molecule has 21 heavy (non-hydrogen) atoms. The highest BCUT2D eigenvalue weighted by Crippen LogP contribution is 2.35. The van der Waals surface area contributed by atoms with Gasteiger partial charge in [-0.25, -0.2) is 9.13 Å². The van der Waals surface area contributed by atoms with E-state index in [9.17, 15) is 0 Å². The van der Waals surface area contributed by atoms with Gasteiger partial charge in [-0.3, -0.25) is 0 Å². The number of aromatic nitrogens is 2. The van der Waals surface area contributed by atoms with Crippen molar-refractivity contribution < 1.29 is 4.57 Å². The number of hydrogen-bond acceptors (Lipinski definition) is 1. The summed E-state index contributed by atoms with van der Waals surface area (Å²) in [6, 6.07) is 17.2. The van der Waals surface area contributed by atoms with E-state index in [1.807, 2.05) is 11.3 Å². The van der Waals surface area contributed by atoms with Crippen molar-refractivity contribution in [3.63, 3.8) is 0 Å². The molecule has 0 spiro atoms. The number of fused-ring (bicyclic) bond motifs is 3. The maximum absolute atomic E-state index is 2.32. The molecule has 0 bridgehead atoms. The molecule has 104 valence electrons. The van der Waals surface area contributed by atoms with Gasteiger partial charge in [-0.1, -0.05) is 41.7 Å². The lowest BCUT2D eigenvalue weighted by Crippen LogP contribution is -2.30. The van der Waals surface area contributed by atoms with Crippen LogP contribution in [-0.4, -0.2) is 4.57 Å². The zero-order valence-electron chi connectivity index (χ0n) is 12.4. The maximum atomic E-state index is 2.32. The molecule has 3 heteroatoms. The van der Waals surface area contributed by atoms with Crippen LogP contribution in [0.3, 0.4) is 0 Å². The largest absolute Gasteiger partial charge is 0.301 e. The highest BCUT2D eigenvalue weighted by Gasteiger charge is 2.24. The fourth-order valence-electron chi connectivity index (χ4n) is 3.13. The van der Waals surface area contributed by atoms with Crippen LogP contribution in [0.5, 0.6) is 0 Å². The molecule has 4 rings (SSSR count). The summed E-state index contributed by atoms with van der Waals surface area (Å²) in [7, 11) is 4.32. The molecule has 0 unspecified atom stereocenters. The zero-order valence-corrected chi connectivity index (χ0v) is 13.2. The third-order valence-electron chi connectivity index (χ3n) is 4.23. The normalized spacial score (nSPS) is 11.6. The van der Waals surface area contributed by atoms with Crippen LogP contribution in [0.4, 0.5) is 0 Å². The molecule has 2 nitrogen and oxygen atoms in total. The van der Waals surface area contributed by atoms with Gasteiger partial charge >= 0.3 is 5.65 Å². The number of rotatable bonds is 1. The molecule has 0 atom stereocenters. The Bertz CT molecular complexity index is 976. The van der Waals surface area contributed by atoms with Gasteiger partial charge in [0.05, 0.1) is 14.1 Å². The van der Waals surface area contributed by atoms with E-state index in [2.05, 4.69) is 78.7 Å². The molecule has 0 saturated carbocycles. The van der Waals surface area contributed by atoms with E-state index in [0.717, 1.165) is 0 Å². The first-order valence-electron chi connectivity index (χ1n) is 7.10. The van der Waals surface area contributed by atoms with Crippen molar-refractivity contribution in [2.24, 2.45) is 14.1 Å². The lowest BCUT2D eigenvalue weighted by Gasteiger charge is -2.02. The highest BCUT2D eigenvalue weighted by atomic mass is 32.1. The van der Waals surface area contributed by atoms with Crippen LogP contribution in [0, 0.1) is 6.92 Å². The maximum Gasteiger partial charge on any atom is 0.301 e. The summed E-state index contributed by atoms with van der Waals surface area (Å²) < 4.78 is 5.99. The summed E-state index contributed by atoms with van der Waals surface area (Å²) in [6.07, 6.45) is 0. The summed E-state index contributed by atoms with van der Waals surface area (Å²) >= 11 is 1.88. The Morgan fingerprint density at radius 3 is 2.52 bits per heavy atom. The molecule has 2 aromatic carbocycles. The lowest BCUT2D eigenvalue weighted by atomic mass is 10.1. The molecule has 4 aromatic rings. The topological polar surface area (TPSA) is 8.81 Å². The smallest absolute Gasteiger partial charge is 0.228 e. The molecule has 0 aliphatic carbocycles. The first kappa shape index (κ1) is 12.6. The molecule has 0 saturated heterocycles. The number of para-hydroxylation sites is 1. The second-order valence-corrected chi connectivity index (χ2v) is 6.51. The molecular formula is C18H17N2S+. The lowest BCUT2D eigenvalue weighted by molar-refractivity contribution is -0.632. The van der Waals surface area contributed by atoms with Gasteiger partial charge in [-0.15, -0.1) is 0 Å².